The van der Waals surface area contributed by atoms with Gasteiger partial charge in [0.15, 0.2) is 0 Å². The quantitative estimate of drug-likeness (QED) is 0.803. The number of amides is 2. The van der Waals surface area contributed by atoms with Gasteiger partial charge in [0.25, 0.3) is 5.91 Å². The maximum atomic E-state index is 12.5. The van der Waals surface area contributed by atoms with E-state index in [1.54, 1.807) is 18.3 Å². The Bertz CT molecular complexity index is 611. The van der Waals surface area contributed by atoms with Gasteiger partial charge in [-0.25, -0.2) is 4.98 Å². The molecule has 0 radical (unpaired) electrons. The molecule has 0 spiro atoms. The molecule has 2 fully saturated rings. The lowest BCUT2D eigenvalue weighted by Crippen LogP contribution is -2.39. The van der Waals surface area contributed by atoms with Gasteiger partial charge < -0.3 is 20.3 Å². The Hall–Kier alpha value is -2.15. The summed E-state index contributed by atoms with van der Waals surface area (Å²) in [6, 6.07) is 3.84. The second-order valence-corrected chi connectivity index (χ2v) is 6.88. The van der Waals surface area contributed by atoms with Crippen LogP contribution in [0, 0.1) is 0 Å². The Morgan fingerprint density at radius 2 is 1.96 bits per heavy atom. The molecule has 0 unspecified atom stereocenters. The van der Waals surface area contributed by atoms with E-state index < -0.39 is 0 Å². The van der Waals surface area contributed by atoms with Crippen LogP contribution in [0.1, 0.15) is 48.9 Å². The number of hydrogen-bond acceptors (Lipinski definition) is 5. The number of ether oxygens (including phenoxy) is 1. The van der Waals surface area contributed by atoms with Crippen molar-refractivity contribution < 1.29 is 14.3 Å². The molecule has 1 aliphatic carbocycles. The molecule has 2 aliphatic rings. The van der Waals surface area contributed by atoms with Crippen molar-refractivity contribution in [1.82, 2.24) is 15.6 Å². The number of carbonyl (C=O) groups excluding carboxylic acids is 2. The molecular formula is C19H28N4O3. The first kappa shape index (κ1) is 18.6. The van der Waals surface area contributed by atoms with Gasteiger partial charge in [-0.1, -0.05) is 19.3 Å². The van der Waals surface area contributed by atoms with Crippen molar-refractivity contribution in [3.8, 4) is 0 Å². The lowest BCUT2D eigenvalue weighted by molar-refractivity contribution is -0.121. The van der Waals surface area contributed by atoms with E-state index in [1.807, 2.05) is 0 Å². The number of nitrogens with zero attached hydrogens (tertiary/aromatic N) is 2. The molecule has 0 bridgehead atoms. The maximum Gasteiger partial charge on any atom is 0.255 e. The third-order valence-corrected chi connectivity index (χ3v) is 4.95. The number of nitrogens with one attached hydrogen (secondary N) is 2. The van der Waals surface area contributed by atoms with Crippen molar-refractivity contribution >= 4 is 17.6 Å². The fourth-order valence-corrected chi connectivity index (χ4v) is 3.53. The van der Waals surface area contributed by atoms with Crippen molar-refractivity contribution in [1.29, 1.82) is 0 Å². The highest BCUT2D eigenvalue weighted by atomic mass is 16.5. The van der Waals surface area contributed by atoms with Crippen LogP contribution in [0.3, 0.4) is 0 Å². The standard InChI is InChI=1S/C19H28N4O3/c24-17(22-15-5-2-1-3-6-15)8-10-21-19(25)16-7-4-9-20-18(16)23-11-13-26-14-12-23/h4,7,9,15H,1-3,5-6,8,10-14H2,(H,21,25)(H,22,24). The number of morpholine rings is 1. The van der Waals surface area contributed by atoms with Gasteiger partial charge in [-0.15, -0.1) is 0 Å². The Labute approximate surface area is 154 Å². The van der Waals surface area contributed by atoms with Crippen LogP contribution in [0.5, 0.6) is 0 Å². The molecule has 2 amide bonds. The molecule has 2 N–H and O–H groups in total. The van der Waals surface area contributed by atoms with E-state index in [1.165, 1.54) is 19.3 Å². The predicted octanol–water partition coefficient (Wildman–Crippen LogP) is 1.49. The van der Waals surface area contributed by atoms with E-state index in [0.29, 0.717) is 43.6 Å². The fraction of sp³-hybridized carbons (Fsp3) is 0.632. The predicted molar refractivity (Wildman–Crippen MR) is 99.2 cm³/mol. The fourth-order valence-electron chi connectivity index (χ4n) is 3.53. The monoisotopic (exact) mass is 360 g/mol. The number of pyridine rings is 1. The lowest BCUT2D eigenvalue weighted by Gasteiger charge is -2.29. The summed E-state index contributed by atoms with van der Waals surface area (Å²) >= 11 is 0. The van der Waals surface area contributed by atoms with E-state index in [-0.39, 0.29) is 11.8 Å². The maximum absolute atomic E-state index is 12.5. The van der Waals surface area contributed by atoms with Crippen LogP contribution in [0.25, 0.3) is 0 Å². The van der Waals surface area contributed by atoms with Gasteiger partial charge in [-0.3, -0.25) is 9.59 Å². The van der Waals surface area contributed by atoms with Crippen LogP contribution in [0.15, 0.2) is 18.3 Å². The number of aromatic nitrogens is 1. The van der Waals surface area contributed by atoms with Crippen LogP contribution in [-0.2, 0) is 9.53 Å². The highest BCUT2D eigenvalue weighted by Gasteiger charge is 2.20. The second-order valence-electron chi connectivity index (χ2n) is 6.88. The highest BCUT2D eigenvalue weighted by Crippen LogP contribution is 2.19. The zero-order valence-corrected chi connectivity index (χ0v) is 15.2. The average molecular weight is 360 g/mol. The van der Waals surface area contributed by atoms with Crippen molar-refractivity contribution in [2.75, 3.05) is 37.7 Å². The number of rotatable bonds is 6. The van der Waals surface area contributed by atoms with Crippen LogP contribution in [0.2, 0.25) is 0 Å². The lowest BCUT2D eigenvalue weighted by atomic mass is 9.95. The summed E-state index contributed by atoms with van der Waals surface area (Å²) < 4.78 is 5.36. The molecule has 142 valence electrons. The Balaban J connectivity index is 1.48. The van der Waals surface area contributed by atoms with Gasteiger partial charge in [0.2, 0.25) is 5.91 Å². The van der Waals surface area contributed by atoms with Crippen molar-refractivity contribution in [3.63, 3.8) is 0 Å². The molecule has 1 saturated carbocycles. The molecule has 1 aromatic rings. The van der Waals surface area contributed by atoms with E-state index >= 15 is 0 Å². The summed E-state index contributed by atoms with van der Waals surface area (Å²) in [6.07, 6.45) is 7.76. The molecule has 0 atom stereocenters. The zero-order valence-electron chi connectivity index (χ0n) is 15.2. The van der Waals surface area contributed by atoms with Gasteiger partial charge in [0.05, 0.1) is 18.8 Å². The molecule has 2 heterocycles. The third-order valence-electron chi connectivity index (χ3n) is 4.95. The molecule has 1 saturated heterocycles. The molecule has 7 nitrogen and oxygen atoms in total. The van der Waals surface area contributed by atoms with E-state index in [9.17, 15) is 9.59 Å². The molecule has 0 aromatic carbocycles. The average Bonchev–Trinajstić information content (AvgIpc) is 2.69. The van der Waals surface area contributed by atoms with Crippen LogP contribution in [0.4, 0.5) is 5.82 Å². The summed E-state index contributed by atoms with van der Waals surface area (Å²) in [4.78, 5) is 31.0. The minimum Gasteiger partial charge on any atom is -0.378 e. The minimum atomic E-state index is -0.190. The first-order valence-corrected chi connectivity index (χ1v) is 9.59. The first-order valence-electron chi connectivity index (χ1n) is 9.59. The van der Waals surface area contributed by atoms with Crippen LogP contribution < -0.4 is 15.5 Å². The molecule has 26 heavy (non-hydrogen) atoms. The van der Waals surface area contributed by atoms with Gasteiger partial charge in [-0.05, 0) is 25.0 Å². The second kappa shape index (κ2) is 9.52. The topological polar surface area (TPSA) is 83.6 Å². The molecule has 7 heteroatoms. The first-order chi connectivity index (χ1) is 12.7. The van der Waals surface area contributed by atoms with Crippen molar-refractivity contribution in [2.24, 2.45) is 0 Å². The minimum absolute atomic E-state index is 0.0109. The SMILES string of the molecule is O=C(CCNC(=O)c1cccnc1N1CCOCC1)NC1CCCCC1. The smallest absolute Gasteiger partial charge is 0.255 e. The number of anilines is 1. The summed E-state index contributed by atoms with van der Waals surface area (Å²) in [5.74, 6) is 0.502. The van der Waals surface area contributed by atoms with Gasteiger partial charge in [0.1, 0.15) is 5.82 Å². The van der Waals surface area contributed by atoms with Crippen molar-refractivity contribution in [2.45, 2.75) is 44.6 Å². The van der Waals surface area contributed by atoms with Gasteiger partial charge in [-0.2, -0.15) is 0 Å². The normalized spacial score (nSPS) is 18.4. The third kappa shape index (κ3) is 5.17. The summed E-state index contributed by atoms with van der Waals surface area (Å²) in [5.41, 5.74) is 0.544. The largest absolute Gasteiger partial charge is 0.378 e. The van der Waals surface area contributed by atoms with E-state index in [0.717, 1.165) is 25.9 Å². The molecule has 3 rings (SSSR count). The van der Waals surface area contributed by atoms with Crippen molar-refractivity contribution in [3.05, 3.63) is 23.9 Å². The van der Waals surface area contributed by atoms with Crippen LogP contribution in [-0.4, -0.2) is 55.7 Å². The summed E-state index contributed by atoms with van der Waals surface area (Å²) in [7, 11) is 0. The summed E-state index contributed by atoms with van der Waals surface area (Å²) in [5, 5.41) is 5.92. The highest BCUT2D eigenvalue weighted by molar-refractivity contribution is 5.99. The molecule has 1 aromatic heterocycles. The Kier molecular flexibility index (Phi) is 6.82. The summed E-state index contributed by atoms with van der Waals surface area (Å²) in [6.45, 7) is 3.05. The number of carbonyl (C=O) groups is 2. The van der Waals surface area contributed by atoms with Gasteiger partial charge >= 0.3 is 0 Å². The number of hydrogen-bond donors (Lipinski definition) is 2. The van der Waals surface area contributed by atoms with E-state index in [2.05, 4.69) is 20.5 Å². The Morgan fingerprint density at radius 3 is 2.73 bits per heavy atom. The molecular weight excluding hydrogens is 332 g/mol. The zero-order chi connectivity index (χ0) is 18.2. The Morgan fingerprint density at radius 1 is 1.19 bits per heavy atom. The van der Waals surface area contributed by atoms with Crippen LogP contribution >= 0.6 is 0 Å². The molecule has 1 aliphatic heterocycles. The van der Waals surface area contributed by atoms with E-state index in [4.69, 9.17) is 4.74 Å². The van der Waals surface area contributed by atoms with Gasteiger partial charge in [0, 0.05) is 38.3 Å².